The molecule has 0 saturated carbocycles. The second-order valence-electron chi connectivity index (χ2n) is 6.17. The van der Waals surface area contributed by atoms with Gasteiger partial charge in [0.25, 0.3) is 0 Å². The molecule has 0 saturated heterocycles. The van der Waals surface area contributed by atoms with E-state index in [-0.39, 0.29) is 12.4 Å². The molecule has 5 rings (SSSR count). The average molecular weight is 316 g/mol. The summed E-state index contributed by atoms with van der Waals surface area (Å²) in [5.74, 6) is 1.87. The highest BCUT2D eigenvalue weighted by molar-refractivity contribution is 5.85. The van der Waals surface area contributed by atoms with E-state index < -0.39 is 0 Å². The topological polar surface area (TPSA) is 21.7 Å². The summed E-state index contributed by atoms with van der Waals surface area (Å²) in [6.07, 6.45) is 2.18. The van der Waals surface area contributed by atoms with E-state index in [1.807, 2.05) is 0 Å². The summed E-state index contributed by atoms with van der Waals surface area (Å²) in [6, 6.07) is 11.4. The minimum Gasteiger partial charge on any atom is -0.454 e. The summed E-state index contributed by atoms with van der Waals surface area (Å²) >= 11 is 0. The SMILES string of the molecule is CN1CCc2cc3c(c4c2C1Cc1ccccc1-4)OCO3.Cl. The van der Waals surface area contributed by atoms with Gasteiger partial charge in [-0.05, 0) is 48.2 Å². The molecule has 2 heterocycles. The Morgan fingerprint density at radius 3 is 2.91 bits per heavy atom. The van der Waals surface area contributed by atoms with E-state index in [1.165, 1.54) is 27.8 Å². The lowest BCUT2D eigenvalue weighted by molar-refractivity contribution is 0.174. The third kappa shape index (κ3) is 1.73. The maximum absolute atomic E-state index is 5.82. The van der Waals surface area contributed by atoms with Crippen LogP contribution in [0.15, 0.2) is 30.3 Å². The molecule has 0 N–H and O–H groups in total. The predicted octanol–water partition coefficient (Wildman–Crippen LogP) is 3.59. The van der Waals surface area contributed by atoms with Crippen LogP contribution in [0.1, 0.15) is 22.7 Å². The number of benzene rings is 2. The fourth-order valence-electron chi connectivity index (χ4n) is 4.05. The van der Waals surface area contributed by atoms with Crippen molar-refractivity contribution in [2.75, 3.05) is 20.4 Å². The Morgan fingerprint density at radius 1 is 1.14 bits per heavy atom. The Balaban J connectivity index is 0.00000125. The smallest absolute Gasteiger partial charge is 0.231 e. The molecule has 1 atom stereocenters. The van der Waals surface area contributed by atoms with Gasteiger partial charge in [0.1, 0.15) is 0 Å². The number of hydrogen-bond acceptors (Lipinski definition) is 3. The first-order valence-corrected chi connectivity index (χ1v) is 7.57. The van der Waals surface area contributed by atoms with Gasteiger partial charge in [-0.15, -0.1) is 12.4 Å². The van der Waals surface area contributed by atoms with Crippen molar-refractivity contribution in [3.8, 4) is 22.6 Å². The molecule has 2 aliphatic heterocycles. The molecule has 3 nitrogen and oxygen atoms in total. The van der Waals surface area contributed by atoms with Crippen LogP contribution >= 0.6 is 12.4 Å². The molecule has 2 aromatic carbocycles. The van der Waals surface area contributed by atoms with Gasteiger partial charge in [0, 0.05) is 18.2 Å². The Kier molecular flexibility index (Phi) is 3.10. The van der Waals surface area contributed by atoms with Crippen molar-refractivity contribution in [1.29, 1.82) is 0 Å². The molecule has 1 unspecified atom stereocenters. The summed E-state index contributed by atoms with van der Waals surface area (Å²) in [6.45, 7) is 1.45. The van der Waals surface area contributed by atoms with Gasteiger partial charge in [-0.3, -0.25) is 4.90 Å². The van der Waals surface area contributed by atoms with Crippen LogP contribution in [-0.4, -0.2) is 25.3 Å². The maximum Gasteiger partial charge on any atom is 0.231 e. The molecule has 0 spiro atoms. The minimum atomic E-state index is 0. The minimum absolute atomic E-state index is 0. The van der Waals surface area contributed by atoms with Crippen LogP contribution in [0.2, 0.25) is 0 Å². The first-order chi connectivity index (χ1) is 10.3. The van der Waals surface area contributed by atoms with E-state index >= 15 is 0 Å². The van der Waals surface area contributed by atoms with Crippen LogP contribution < -0.4 is 9.47 Å². The molecule has 0 fully saturated rings. The molecule has 0 radical (unpaired) electrons. The number of nitrogens with zero attached hydrogens (tertiary/aromatic N) is 1. The molecule has 3 aliphatic rings. The maximum atomic E-state index is 5.82. The average Bonchev–Trinajstić information content (AvgIpc) is 2.98. The summed E-state index contributed by atoms with van der Waals surface area (Å²) in [5, 5.41) is 0. The monoisotopic (exact) mass is 315 g/mol. The summed E-state index contributed by atoms with van der Waals surface area (Å²) in [7, 11) is 2.23. The van der Waals surface area contributed by atoms with Crippen molar-refractivity contribution in [3.63, 3.8) is 0 Å². The van der Waals surface area contributed by atoms with Crippen molar-refractivity contribution in [1.82, 2.24) is 4.90 Å². The van der Waals surface area contributed by atoms with Crippen molar-refractivity contribution >= 4 is 12.4 Å². The van der Waals surface area contributed by atoms with Crippen molar-refractivity contribution in [2.45, 2.75) is 18.9 Å². The van der Waals surface area contributed by atoms with Crippen molar-refractivity contribution in [2.24, 2.45) is 0 Å². The normalized spacial score (nSPS) is 20.9. The third-order valence-electron chi connectivity index (χ3n) is 5.09. The molecule has 0 aromatic heterocycles. The van der Waals surface area contributed by atoms with Gasteiger partial charge in [-0.2, -0.15) is 0 Å². The Bertz CT molecular complexity index is 759. The Labute approximate surface area is 136 Å². The van der Waals surface area contributed by atoms with Gasteiger partial charge in [0.2, 0.25) is 6.79 Å². The van der Waals surface area contributed by atoms with Crippen LogP contribution in [0.4, 0.5) is 0 Å². The second-order valence-corrected chi connectivity index (χ2v) is 6.17. The van der Waals surface area contributed by atoms with Crippen LogP contribution in [0.3, 0.4) is 0 Å². The number of hydrogen-bond donors (Lipinski definition) is 0. The fraction of sp³-hybridized carbons (Fsp3) is 0.333. The van der Waals surface area contributed by atoms with E-state index in [0.29, 0.717) is 12.8 Å². The van der Waals surface area contributed by atoms with Crippen molar-refractivity contribution in [3.05, 3.63) is 47.0 Å². The molecular weight excluding hydrogens is 298 g/mol. The highest BCUT2D eigenvalue weighted by Gasteiger charge is 2.37. The quantitative estimate of drug-likeness (QED) is 0.741. The van der Waals surface area contributed by atoms with E-state index in [4.69, 9.17) is 9.47 Å². The number of likely N-dealkylation sites (N-methyl/N-ethyl adjacent to an activating group) is 1. The fourth-order valence-corrected chi connectivity index (χ4v) is 4.05. The van der Waals surface area contributed by atoms with E-state index in [2.05, 4.69) is 42.3 Å². The van der Waals surface area contributed by atoms with Crippen LogP contribution in [0.25, 0.3) is 11.1 Å². The van der Waals surface area contributed by atoms with Gasteiger partial charge in [-0.1, -0.05) is 24.3 Å². The van der Waals surface area contributed by atoms with Gasteiger partial charge in [0.15, 0.2) is 11.5 Å². The number of fused-ring (bicyclic) bond motifs is 4. The predicted molar refractivity (Wildman–Crippen MR) is 88.0 cm³/mol. The Morgan fingerprint density at radius 2 is 2.00 bits per heavy atom. The van der Waals surface area contributed by atoms with Crippen molar-refractivity contribution < 1.29 is 9.47 Å². The van der Waals surface area contributed by atoms with Gasteiger partial charge in [0.05, 0.1) is 0 Å². The lowest BCUT2D eigenvalue weighted by atomic mass is 9.76. The standard InChI is InChI=1S/C18H17NO2.ClH/c1-19-7-6-12-9-15-18(21-10-20-15)17-13-5-3-2-4-11(13)8-14(19)16(12)17;/h2-5,9,14H,6-8,10H2,1H3;1H. The van der Waals surface area contributed by atoms with Gasteiger partial charge in [-0.25, -0.2) is 0 Å². The molecule has 2 aromatic rings. The number of halogens is 1. The zero-order valence-electron chi connectivity index (χ0n) is 12.5. The lowest BCUT2D eigenvalue weighted by Gasteiger charge is -2.40. The van der Waals surface area contributed by atoms with Gasteiger partial charge < -0.3 is 9.47 Å². The molecule has 4 heteroatoms. The van der Waals surface area contributed by atoms with Crippen LogP contribution in [0.5, 0.6) is 11.5 Å². The Hall–Kier alpha value is -1.71. The summed E-state index contributed by atoms with van der Waals surface area (Å²) < 4.78 is 11.5. The highest BCUT2D eigenvalue weighted by Crippen LogP contribution is 2.53. The van der Waals surface area contributed by atoms with Crippen LogP contribution in [-0.2, 0) is 12.8 Å². The molecule has 0 amide bonds. The summed E-state index contributed by atoms with van der Waals surface area (Å²) in [5.41, 5.74) is 6.92. The molecular formula is C18H18ClNO2. The summed E-state index contributed by atoms with van der Waals surface area (Å²) in [4.78, 5) is 2.48. The zero-order valence-corrected chi connectivity index (χ0v) is 13.3. The third-order valence-corrected chi connectivity index (χ3v) is 5.09. The lowest BCUT2D eigenvalue weighted by Crippen LogP contribution is -2.35. The van der Waals surface area contributed by atoms with E-state index in [9.17, 15) is 0 Å². The number of ether oxygens (including phenoxy) is 2. The first-order valence-electron chi connectivity index (χ1n) is 7.57. The largest absolute Gasteiger partial charge is 0.454 e. The molecule has 0 bridgehead atoms. The first kappa shape index (κ1) is 13.9. The van der Waals surface area contributed by atoms with Crippen LogP contribution in [0, 0.1) is 0 Å². The highest BCUT2D eigenvalue weighted by atomic mass is 35.5. The van der Waals surface area contributed by atoms with Gasteiger partial charge >= 0.3 is 0 Å². The second kappa shape index (κ2) is 4.90. The van der Waals surface area contributed by atoms with E-state index in [1.54, 1.807) is 0 Å². The molecule has 1 aliphatic carbocycles. The molecule has 22 heavy (non-hydrogen) atoms. The van der Waals surface area contributed by atoms with E-state index in [0.717, 1.165) is 30.9 Å². The molecule has 114 valence electrons. The zero-order chi connectivity index (χ0) is 14.0. The number of rotatable bonds is 0.